The van der Waals surface area contributed by atoms with Crippen molar-refractivity contribution in [3.8, 4) is 0 Å². The Bertz CT molecular complexity index is 1140. The van der Waals surface area contributed by atoms with Crippen LogP contribution in [0.1, 0.15) is 53.4 Å². The molecule has 2 saturated heterocycles. The van der Waals surface area contributed by atoms with Crippen molar-refractivity contribution in [3.05, 3.63) is 36.0 Å². The fourth-order valence-electron chi connectivity index (χ4n) is 6.98. The van der Waals surface area contributed by atoms with Crippen LogP contribution in [0.15, 0.2) is 36.0 Å². The molecule has 8 atom stereocenters. The van der Waals surface area contributed by atoms with Crippen molar-refractivity contribution in [3.63, 3.8) is 0 Å². The molecule has 2 aliphatic carbocycles. The lowest BCUT2D eigenvalue weighted by Crippen LogP contribution is -2.66. The first kappa shape index (κ1) is 28.1. The van der Waals surface area contributed by atoms with E-state index in [4.69, 9.17) is 23.7 Å². The highest BCUT2D eigenvalue weighted by Gasteiger charge is 2.83. The molecule has 0 N–H and O–H groups in total. The maximum absolute atomic E-state index is 13.6. The largest absolute Gasteiger partial charge is 0.464 e. The Labute approximate surface area is 232 Å². The van der Waals surface area contributed by atoms with Crippen molar-refractivity contribution in [2.24, 2.45) is 16.7 Å². The van der Waals surface area contributed by atoms with Gasteiger partial charge in [0, 0.05) is 30.9 Å². The summed E-state index contributed by atoms with van der Waals surface area (Å²) in [4.78, 5) is 50.5. The van der Waals surface area contributed by atoms with Crippen molar-refractivity contribution >= 4 is 34.8 Å². The van der Waals surface area contributed by atoms with Crippen LogP contribution in [0, 0.1) is 16.7 Å². The first-order valence-corrected chi connectivity index (χ1v) is 14.4. The molecule has 10 heteroatoms. The van der Waals surface area contributed by atoms with Gasteiger partial charge in [0.2, 0.25) is 0 Å². The Morgan fingerprint density at radius 3 is 2.46 bits per heavy atom. The van der Waals surface area contributed by atoms with E-state index >= 15 is 0 Å². The van der Waals surface area contributed by atoms with Gasteiger partial charge in [0.05, 0.1) is 30.8 Å². The molecular weight excluding hydrogens is 524 g/mol. The molecule has 39 heavy (non-hydrogen) atoms. The Morgan fingerprint density at radius 1 is 1.05 bits per heavy atom. The van der Waals surface area contributed by atoms with Crippen molar-refractivity contribution in [2.45, 2.75) is 82.5 Å². The molecule has 3 heterocycles. The monoisotopic (exact) mass is 560 g/mol. The van der Waals surface area contributed by atoms with E-state index in [1.54, 1.807) is 0 Å². The molecule has 0 aromatic rings. The van der Waals surface area contributed by atoms with E-state index in [9.17, 15) is 19.2 Å². The van der Waals surface area contributed by atoms with Crippen LogP contribution < -0.4 is 0 Å². The van der Waals surface area contributed by atoms with Crippen LogP contribution in [0.2, 0.25) is 0 Å². The number of ether oxygens (including phenoxy) is 5. The third-order valence-electron chi connectivity index (χ3n) is 9.38. The van der Waals surface area contributed by atoms with Crippen molar-refractivity contribution < 1.29 is 42.9 Å². The van der Waals surface area contributed by atoms with Gasteiger partial charge < -0.3 is 23.7 Å². The zero-order chi connectivity index (χ0) is 28.0. The molecule has 1 unspecified atom stereocenters. The van der Waals surface area contributed by atoms with E-state index in [0.717, 1.165) is 18.2 Å². The normalized spacial score (nSPS) is 44.1. The van der Waals surface area contributed by atoms with Crippen LogP contribution in [-0.4, -0.2) is 72.0 Å². The Hall–Kier alpha value is -2.43. The molecular formula is C29H36O9S. The minimum absolute atomic E-state index is 0.0396. The topological polar surface area (TPSA) is 118 Å². The van der Waals surface area contributed by atoms with E-state index in [-0.39, 0.29) is 36.5 Å². The molecule has 3 fully saturated rings. The Morgan fingerprint density at radius 2 is 1.77 bits per heavy atom. The molecule has 212 valence electrons. The van der Waals surface area contributed by atoms with Crippen molar-refractivity contribution in [1.29, 1.82) is 0 Å². The second-order valence-electron chi connectivity index (χ2n) is 11.5. The molecule has 2 spiro atoms. The quantitative estimate of drug-likeness (QED) is 0.204. The molecule has 1 saturated carbocycles. The number of hydrogen-bond acceptors (Lipinski definition) is 10. The van der Waals surface area contributed by atoms with Gasteiger partial charge in [-0.3, -0.25) is 9.59 Å². The van der Waals surface area contributed by atoms with Gasteiger partial charge >= 0.3 is 17.9 Å². The van der Waals surface area contributed by atoms with E-state index in [2.05, 4.69) is 19.9 Å². The predicted molar refractivity (Wildman–Crippen MR) is 141 cm³/mol. The lowest BCUT2D eigenvalue weighted by atomic mass is 9.51. The molecule has 0 radical (unpaired) electrons. The number of thioether (sulfide) groups is 1. The average molecular weight is 561 g/mol. The predicted octanol–water partition coefficient (Wildman–Crippen LogP) is 3.46. The minimum Gasteiger partial charge on any atom is -0.464 e. The lowest BCUT2D eigenvalue weighted by Gasteiger charge is -2.58. The third-order valence-corrected chi connectivity index (χ3v) is 10.6. The molecule has 0 amide bonds. The standard InChI is InChI=1S/C29H36O9S/c1-17-9-11-28-15-35-26(33)25(39-19(3)30)18(2)10-12-34-23(31)7-5-6-8-24(32)38-20-14-22(37-21(28)13-17)29(16-36-29)27(20,28)4/h5-8,13,18,20-22,25H,9-12,14-16H2,1-4H3/b7-5+,8-6-/t18-,20-,21?,22-,25-,27-,28-,29+/m1/s1. The summed E-state index contributed by atoms with van der Waals surface area (Å²) >= 11 is 0.929. The smallest absolute Gasteiger partial charge is 0.331 e. The van der Waals surface area contributed by atoms with E-state index < -0.39 is 45.7 Å². The van der Waals surface area contributed by atoms with Crippen LogP contribution in [0.5, 0.6) is 0 Å². The SMILES string of the molecule is CC(=O)S[C@H]1C(=O)OC[C@]23CCC(C)=CC2O[C@@H]2C[C@@H](OC(=O)/C=C\C=C\C(=O)OCC[C@H]1C)[C@@]3(C)[C@]21CO1. The Kier molecular flexibility index (Phi) is 7.58. The van der Waals surface area contributed by atoms with Crippen molar-refractivity contribution in [2.75, 3.05) is 19.8 Å². The second kappa shape index (κ2) is 10.5. The molecule has 2 bridgehead atoms. The number of cyclic esters (lactones) is 2. The number of carbonyl (C=O) groups is 4. The van der Waals surface area contributed by atoms with E-state index in [1.807, 2.05) is 6.92 Å². The highest BCUT2D eigenvalue weighted by atomic mass is 32.2. The second-order valence-corrected chi connectivity index (χ2v) is 12.9. The first-order valence-electron chi connectivity index (χ1n) is 13.5. The summed E-state index contributed by atoms with van der Waals surface area (Å²) in [6.07, 6.45) is 8.65. The zero-order valence-electron chi connectivity index (χ0n) is 22.8. The summed E-state index contributed by atoms with van der Waals surface area (Å²) in [7, 11) is 0. The van der Waals surface area contributed by atoms with Gasteiger partial charge in [-0.2, -0.15) is 0 Å². The van der Waals surface area contributed by atoms with Gasteiger partial charge in [0.1, 0.15) is 23.6 Å². The maximum Gasteiger partial charge on any atom is 0.331 e. The summed E-state index contributed by atoms with van der Waals surface area (Å²) in [6.45, 7) is 8.00. The molecule has 9 nitrogen and oxygen atoms in total. The van der Waals surface area contributed by atoms with E-state index in [0.29, 0.717) is 25.9 Å². The van der Waals surface area contributed by atoms with Gasteiger partial charge in [-0.25, -0.2) is 9.59 Å². The number of rotatable bonds is 1. The summed E-state index contributed by atoms with van der Waals surface area (Å²) in [5, 5.41) is -0.962. The van der Waals surface area contributed by atoms with Crippen LogP contribution in [0.3, 0.4) is 0 Å². The number of epoxide rings is 1. The lowest BCUT2D eigenvalue weighted by molar-refractivity contribution is -0.233. The average Bonchev–Trinajstić information content (AvgIpc) is 3.66. The van der Waals surface area contributed by atoms with Gasteiger partial charge in [-0.15, -0.1) is 0 Å². The summed E-state index contributed by atoms with van der Waals surface area (Å²) in [5.74, 6) is -1.90. The van der Waals surface area contributed by atoms with E-state index in [1.165, 1.54) is 36.8 Å². The Balaban J connectivity index is 1.54. The minimum atomic E-state index is -0.761. The zero-order valence-corrected chi connectivity index (χ0v) is 23.6. The fourth-order valence-corrected chi connectivity index (χ4v) is 7.87. The highest BCUT2D eigenvalue weighted by molar-refractivity contribution is 8.14. The summed E-state index contributed by atoms with van der Waals surface area (Å²) < 4.78 is 30.1. The molecule has 0 aromatic heterocycles. The van der Waals surface area contributed by atoms with Crippen LogP contribution >= 0.6 is 11.8 Å². The number of allylic oxidation sites excluding steroid dienone is 3. The summed E-state index contributed by atoms with van der Waals surface area (Å²) in [5.41, 5.74) is -0.817. The van der Waals surface area contributed by atoms with Crippen molar-refractivity contribution in [1.82, 2.24) is 0 Å². The number of esters is 3. The van der Waals surface area contributed by atoms with Gasteiger partial charge in [0.25, 0.3) is 0 Å². The maximum atomic E-state index is 13.6. The molecule has 3 aliphatic heterocycles. The summed E-state index contributed by atoms with van der Waals surface area (Å²) in [6, 6.07) is 0. The number of carbonyl (C=O) groups excluding carboxylic acids is 4. The van der Waals surface area contributed by atoms with Crippen LogP contribution in [-0.2, 0) is 42.9 Å². The molecule has 5 aliphatic rings. The number of hydrogen-bond donors (Lipinski definition) is 0. The highest BCUT2D eigenvalue weighted by Crippen LogP contribution is 2.72. The molecule has 5 rings (SSSR count). The van der Waals surface area contributed by atoms with Gasteiger partial charge in [-0.1, -0.05) is 49.4 Å². The van der Waals surface area contributed by atoms with Crippen LogP contribution in [0.25, 0.3) is 0 Å². The molecule has 0 aromatic carbocycles. The first-order chi connectivity index (χ1) is 18.5. The van der Waals surface area contributed by atoms with Crippen LogP contribution in [0.4, 0.5) is 0 Å². The van der Waals surface area contributed by atoms with Gasteiger partial charge in [0.15, 0.2) is 5.12 Å². The fraction of sp³-hybridized carbons (Fsp3) is 0.655. The van der Waals surface area contributed by atoms with Gasteiger partial charge in [-0.05, 0) is 32.1 Å². The third kappa shape index (κ3) is 4.78.